The third-order valence-electron chi connectivity index (χ3n) is 2.78. The van der Waals surface area contributed by atoms with Crippen LogP contribution in [0.2, 0.25) is 0 Å². The van der Waals surface area contributed by atoms with Crippen LogP contribution in [0.25, 0.3) is 0 Å². The Kier molecular flexibility index (Phi) is 7.24. The minimum absolute atomic E-state index is 0.0106. The van der Waals surface area contributed by atoms with Crippen LogP contribution in [-0.4, -0.2) is 46.9 Å². The zero-order chi connectivity index (χ0) is 15.9. The summed E-state index contributed by atoms with van der Waals surface area (Å²) in [7, 11) is 0. The van der Waals surface area contributed by atoms with E-state index in [1.165, 1.54) is 4.90 Å². The van der Waals surface area contributed by atoms with E-state index in [1.807, 2.05) is 13.8 Å². The molecule has 0 aliphatic rings. The van der Waals surface area contributed by atoms with Gasteiger partial charge in [0.2, 0.25) is 11.8 Å². The SMILES string of the molecule is CCN(CC(=O)NC(C)C)C(=O)CC(C)(C)CC(=O)O. The molecular formula is C14H26N2O4. The standard InChI is InChI=1S/C14H26N2O4/c1-6-16(9-11(17)15-10(2)3)12(18)7-14(4,5)8-13(19)20/h10H,6-9H2,1-5H3,(H,15,17)(H,19,20). The molecule has 0 aromatic heterocycles. The molecule has 0 radical (unpaired) electrons. The van der Waals surface area contributed by atoms with Gasteiger partial charge in [0, 0.05) is 19.0 Å². The van der Waals surface area contributed by atoms with Crippen molar-refractivity contribution < 1.29 is 19.5 Å². The lowest BCUT2D eigenvalue weighted by atomic mass is 9.85. The first-order chi connectivity index (χ1) is 9.07. The highest BCUT2D eigenvalue weighted by atomic mass is 16.4. The number of hydrogen-bond acceptors (Lipinski definition) is 3. The second-order valence-electron chi connectivity index (χ2n) is 6.04. The highest BCUT2D eigenvalue weighted by Gasteiger charge is 2.28. The average molecular weight is 286 g/mol. The molecular weight excluding hydrogens is 260 g/mol. The first-order valence-corrected chi connectivity index (χ1v) is 6.86. The van der Waals surface area contributed by atoms with Crippen molar-refractivity contribution in [3.63, 3.8) is 0 Å². The van der Waals surface area contributed by atoms with Crippen LogP contribution < -0.4 is 5.32 Å². The van der Waals surface area contributed by atoms with E-state index in [0.29, 0.717) is 6.54 Å². The number of carboxylic acids is 1. The molecule has 0 saturated heterocycles. The summed E-state index contributed by atoms with van der Waals surface area (Å²) < 4.78 is 0. The van der Waals surface area contributed by atoms with Gasteiger partial charge in [-0.1, -0.05) is 13.8 Å². The number of carbonyl (C=O) groups is 3. The van der Waals surface area contributed by atoms with Gasteiger partial charge in [-0.25, -0.2) is 0 Å². The first-order valence-electron chi connectivity index (χ1n) is 6.86. The van der Waals surface area contributed by atoms with Crippen LogP contribution in [0.5, 0.6) is 0 Å². The summed E-state index contributed by atoms with van der Waals surface area (Å²) in [6, 6.07) is 0.0276. The maximum atomic E-state index is 12.1. The van der Waals surface area contributed by atoms with Crippen molar-refractivity contribution in [2.75, 3.05) is 13.1 Å². The van der Waals surface area contributed by atoms with Crippen LogP contribution in [0, 0.1) is 5.41 Å². The van der Waals surface area contributed by atoms with Crippen LogP contribution in [0.3, 0.4) is 0 Å². The Morgan fingerprint density at radius 2 is 1.75 bits per heavy atom. The summed E-state index contributed by atoms with van der Waals surface area (Å²) in [4.78, 5) is 36.0. The average Bonchev–Trinajstić information content (AvgIpc) is 2.21. The molecule has 6 heteroatoms. The van der Waals surface area contributed by atoms with Crippen molar-refractivity contribution >= 4 is 17.8 Å². The van der Waals surface area contributed by atoms with Crippen LogP contribution >= 0.6 is 0 Å². The number of aliphatic carboxylic acids is 1. The molecule has 0 fully saturated rings. The predicted octanol–water partition coefficient (Wildman–Crippen LogP) is 1.25. The monoisotopic (exact) mass is 286 g/mol. The van der Waals surface area contributed by atoms with Crippen molar-refractivity contribution in [3.05, 3.63) is 0 Å². The van der Waals surface area contributed by atoms with Gasteiger partial charge < -0.3 is 15.3 Å². The molecule has 0 unspecified atom stereocenters. The van der Waals surface area contributed by atoms with Crippen molar-refractivity contribution in [2.45, 2.75) is 53.5 Å². The minimum atomic E-state index is -0.927. The summed E-state index contributed by atoms with van der Waals surface area (Å²) in [5, 5.41) is 11.5. The Morgan fingerprint density at radius 1 is 1.20 bits per heavy atom. The van der Waals surface area contributed by atoms with Crippen molar-refractivity contribution in [2.24, 2.45) is 5.41 Å². The lowest BCUT2D eigenvalue weighted by Gasteiger charge is -2.27. The molecule has 2 N–H and O–H groups in total. The predicted molar refractivity (Wildman–Crippen MR) is 76.2 cm³/mol. The highest BCUT2D eigenvalue weighted by Crippen LogP contribution is 2.25. The van der Waals surface area contributed by atoms with Crippen molar-refractivity contribution in [3.8, 4) is 0 Å². The second kappa shape index (κ2) is 7.87. The number of carbonyl (C=O) groups excluding carboxylic acids is 2. The van der Waals surface area contributed by atoms with E-state index in [4.69, 9.17) is 5.11 Å². The van der Waals surface area contributed by atoms with E-state index < -0.39 is 11.4 Å². The summed E-state index contributed by atoms with van der Waals surface area (Å²) in [6.45, 7) is 9.41. The first kappa shape index (κ1) is 18.4. The zero-order valence-electron chi connectivity index (χ0n) is 13.0. The van der Waals surface area contributed by atoms with E-state index >= 15 is 0 Å². The van der Waals surface area contributed by atoms with E-state index in [1.54, 1.807) is 20.8 Å². The smallest absolute Gasteiger partial charge is 0.303 e. The fourth-order valence-electron chi connectivity index (χ4n) is 1.91. The highest BCUT2D eigenvalue weighted by molar-refractivity contribution is 5.85. The Balaban J connectivity index is 4.55. The molecule has 0 spiro atoms. The molecule has 0 aromatic carbocycles. The quantitative estimate of drug-likeness (QED) is 0.703. The number of likely N-dealkylation sites (N-methyl/N-ethyl adjacent to an activating group) is 1. The molecule has 0 bridgehead atoms. The largest absolute Gasteiger partial charge is 0.481 e. The molecule has 6 nitrogen and oxygen atoms in total. The fourth-order valence-corrected chi connectivity index (χ4v) is 1.91. The number of rotatable bonds is 8. The van der Waals surface area contributed by atoms with Crippen LogP contribution in [0.1, 0.15) is 47.5 Å². The van der Waals surface area contributed by atoms with Gasteiger partial charge >= 0.3 is 5.97 Å². The number of amides is 2. The minimum Gasteiger partial charge on any atom is -0.481 e. The van der Waals surface area contributed by atoms with E-state index in [2.05, 4.69) is 5.32 Å². The number of nitrogens with one attached hydrogen (secondary N) is 1. The normalized spacial score (nSPS) is 11.3. The van der Waals surface area contributed by atoms with E-state index in [0.717, 1.165) is 0 Å². The Bertz CT molecular complexity index is 364. The van der Waals surface area contributed by atoms with Crippen LogP contribution in [0.15, 0.2) is 0 Å². The Hall–Kier alpha value is -1.59. The third-order valence-corrected chi connectivity index (χ3v) is 2.78. The lowest BCUT2D eigenvalue weighted by molar-refractivity contribution is -0.142. The molecule has 0 rings (SSSR count). The van der Waals surface area contributed by atoms with Gasteiger partial charge in [0.05, 0.1) is 13.0 Å². The Morgan fingerprint density at radius 3 is 2.15 bits per heavy atom. The zero-order valence-corrected chi connectivity index (χ0v) is 13.0. The molecule has 0 aliphatic heterocycles. The summed E-state index contributed by atoms with van der Waals surface area (Å²) in [5.41, 5.74) is -0.620. The Labute approximate surface area is 120 Å². The molecule has 0 aliphatic carbocycles. The summed E-state index contributed by atoms with van der Waals surface area (Å²) in [5.74, 6) is -1.33. The van der Waals surface area contributed by atoms with Crippen molar-refractivity contribution in [1.82, 2.24) is 10.2 Å². The van der Waals surface area contributed by atoms with Crippen LogP contribution in [0.4, 0.5) is 0 Å². The van der Waals surface area contributed by atoms with Gasteiger partial charge in [-0.05, 0) is 26.2 Å². The van der Waals surface area contributed by atoms with Gasteiger partial charge in [0.25, 0.3) is 0 Å². The molecule has 0 aromatic rings. The summed E-state index contributed by atoms with van der Waals surface area (Å²) >= 11 is 0. The second-order valence-corrected chi connectivity index (χ2v) is 6.04. The number of carboxylic acid groups (broad SMARTS) is 1. The van der Waals surface area contributed by atoms with Gasteiger partial charge in [0.1, 0.15) is 0 Å². The van der Waals surface area contributed by atoms with Gasteiger partial charge in [-0.15, -0.1) is 0 Å². The van der Waals surface area contributed by atoms with Gasteiger partial charge in [-0.2, -0.15) is 0 Å². The van der Waals surface area contributed by atoms with Gasteiger partial charge in [0.15, 0.2) is 0 Å². The number of nitrogens with zero attached hydrogens (tertiary/aromatic N) is 1. The molecule has 116 valence electrons. The fraction of sp³-hybridized carbons (Fsp3) is 0.786. The van der Waals surface area contributed by atoms with E-state index in [9.17, 15) is 14.4 Å². The molecule has 0 atom stereocenters. The molecule has 2 amide bonds. The number of hydrogen-bond donors (Lipinski definition) is 2. The van der Waals surface area contributed by atoms with Crippen molar-refractivity contribution in [1.29, 1.82) is 0 Å². The van der Waals surface area contributed by atoms with Gasteiger partial charge in [-0.3, -0.25) is 14.4 Å². The molecule has 20 heavy (non-hydrogen) atoms. The maximum Gasteiger partial charge on any atom is 0.303 e. The topological polar surface area (TPSA) is 86.7 Å². The van der Waals surface area contributed by atoms with Crippen LogP contribution in [-0.2, 0) is 14.4 Å². The molecule has 0 heterocycles. The maximum absolute atomic E-state index is 12.1. The van der Waals surface area contributed by atoms with E-state index in [-0.39, 0.29) is 37.2 Å². The molecule has 0 saturated carbocycles. The third kappa shape index (κ3) is 7.76. The lowest BCUT2D eigenvalue weighted by Crippen LogP contribution is -2.43. The summed E-state index contributed by atoms with van der Waals surface area (Å²) in [6.07, 6.45) is 0.0383.